The molecular weight excluding hydrogens is 469 g/mol. The third kappa shape index (κ3) is 7.64. The maximum atomic E-state index is 11.8. The Morgan fingerprint density at radius 3 is 1.88 bits per heavy atom. The van der Waals surface area contributed by atoms with Crippen LogP contribution in [0.1, 0.15) is 16.7 Å². The second kappa shape index (κ2) is 10.2. The number of carboxylic acids is 2. The van der Waals surface area contributed by atoms with Crippen LogP contribution >= 0.6 is 0 Å². The highest BCUT2D eigenvalue weighted by Crippen LogP contribution is 2.24. The van der Waals surface area contributed by atoms with Crippen molar-refractivity contribution in [1.82, 2.24) is 4.72 Å². The van der Waals surface area contributed by atoms with E-state index in [1.807, 2.05) is 4.72 Å². The number of benzene rings is 2. The van der Waals surface area contributed by atoms with E-state index < -0.39 is 34.0 Å². The molecule has 0 aromatic heterocycles. The minimum absolute atomic E-state index is 0.0160. The fraction of sp³-hybridized carbons (Fsp3) is 0.150. The molecule has 176 valence electrons. The van der Waals surface area contributed by atoms with Gasteiger partial charge in [0, 0.05) is 18.3 Å². The van der Waals surface area contributed by atoms with E-state index in [1.54, 1.807) is 48.5 Å². The summed E-state index contributed by atoms with van der Waals surface area (Å²) < 4.78 is 57.3. The maximum absolute atomic E-state index is 11.8. The zero-order valence-corrected chi connectivity index (χ0v) is 17.4. The average molecular weight is 486 g/mol. The molecular formula is C20H17F3N2O7S. The topological polar surface area (TPSA) is 150 Å². The molecule has 1 aliphatic heterocycles. The normalized spacial score (nSPS) is 14.4. The van der Waals surface area contributed by atoms with Crippen molar-refractivity contribution in [2.24, 2.45) is 0 Å². The van der Waals surface area contributed by atoms with Gasteiger partial charge in [0.2, 0.25) is 0 Å². The molecule has 33 heavy (non-hydrogen) atoms. The van der Waals surface area contributed by atoms with Crippen molar-refractivity contribution in [1.29, 1.82) is 0 Å². The largest absolute Gasteiger partial charge is 0.490 e. The van der Waals surface area contributed by atoms with Gasteiger partial charge in [-0.25, -0.2) is 17.9 Å². The van der Waals surface area contributed by atoms with Gasteiger partial charge in [0.15, 0.2) is 0 Å². The summed E-state index contributed by atoms with van der Waals surface area (Å²) in [4.78, 5) is 30.8. The van der Waals surface area contributed by atoms with Crippen LogP contribution in [0.25, 0.3) is 4.91 Å². The number of aliphatic carboxylic acids is 2. The first-order valence-electron chi connectivity index (χ1n) is 9.00. The zero-order chi connectivity index (χ0) is 24.8. The summed E-state index contributed by atoms with van der Waals surface area (Å²) in [6, 6.07) is 14.0. The van der Waals surface area contributed by atoms with Gasteiger partial charge in [-0.3, -0.25) is 9.59 Å². The van der Waals surface area contributed by atoms with E-state index in [0.29, 0.717) is 12.1 Å². The standard InChI is InChI=1S/C18H16N2O5S.C2HF3O2/c21-17-10-16(26(24,25)20-17)14-5-1-13(2-6-14)11-19-15-7-3-12(4-8-15)9-18(22)23;3-2(4,5)1(6)7/h1-8,10,19H,9,11H2,(H,20,21)(H,22,23);(H,6,7). The van der Waals surface area contributed by atoms with Crippen LogP contribution in [0.15, 0.2) is 54.6 Å². The molecule has 0 aliphatic carbocycles. The molecule has 0 spiro atoms. The smallest absolute Gasteiger partial charge is 0.481 e. The summed E-state index contributed by atoms with van der Waals surface area (Å²) >= 11 is 0. The van der Waals surface area contributed by atoms with E-state index in [1.165, 1.54) is 0 Å². The summed E-state index contributed by atoms with van der Waals surface area (Å²) in [6.07, 6.45) is -4.03. The lowest BCUT2D eigenvalue weighted by atomic mass is 10.1. The summed E-state index contributed by atoms with van der Waals surface area (Å²) in [7, 11) is -3.77. The number of hydrogen-bond donors (Lipinski definition) is 4. The molecule has 0 saturated heterocycles. The quantitative estimate of drug-likeness (QED) is 0.486. The van der Waals surface area contributed by atoms with Crippen LogP contribution in [0.3, 0.4) is 0 Å². The lowest BCUT2D eigenvalue weighted by Gasteiger charge is -2.08. The van der Waals surface area contributed by atoms with Crippen molar-refractivity contribution in [3.05, 3.63) is 71.3 Å². The van der Waals surface area contributed by atoms with Crippen molar-refractivity contribution in [2.45, 2.75) is 19.1 Å². The van der Waals surface area contributed by atoms with Gasteiger partial charge < -0.3 is 15.5 Å². The van der Waals surface area contributed by atoms with Crippen molar-refractivity contribution in [3.63, 3.8) is 0 Å². The van der Waals surface area contributed by atoms with Gasteiger partial charge in [-0.2, -0.15) is 13.2 Å². The van der Waals surface area contributed by atoms with Crippen molar-refractivity contribution < 1.29 is 46.2 Å². The van der Waals surface area contributed by atoms with Crippen LogP contribution in [0.5, 0.6) is 0 Å². The number of hydrogen-bond acceptors (Lipinski definition) is 6. The van der Waals surface area contributed by atoms with Crippen molar-refractivity contribution in [3.8, 4) is 0 Å². The van der Waals surface area contributed by atoms with Crippen LogP contribution in [0.4, 0.5) is 18.9 Å². The maximum Gasteiger partial charge on any atom is 0.490 e. The number of alkyl halides is 3. The highest BCUT2D eigenvalue weighted by Gasteiger charge is 2.38. The molecule has 0 fully saturated rings. The van der Waals surface area contributed by atoms with E-state index >= 15 is 0 Å². The molecule has 13 heteroatoms. The number of anilines is 1. The predicted molar refractivity (Wildman–Crippen MR) is 110 cm³/mol. The molecule has 1 heterocycles. The molecule has 3 rings (SSSR count). The molecule has 0 atom stereocenters. The minimum atomic E-state index is -5.08. The Kier molecular flexibility index (Phi) is 7.82. The van der Waals surface area contributed by atoms with Crippen LogP contribution in [0, 0.1) is 0 Å². The Morgan fingerprint density at radius 1 is 0.939 bits per heavy atom. The van der Waals surface area contributed by atoms with Gasteiger partial charge in [0.05, 0.1) is 6.42 Å². The predicted octanol–water partition coefficient (Wildman–Crippen LogP) is 2.36. The van der Waals surface area contributed by atoms with Gasteiger partial charge in [-0.15, -0.1) is 0 Å². The first-order chi connectivity index (χ1) is 15.3. The highest BCUT2D eigenvalue weighted by atomic mass is 32.2. The number of nitrogens with one attached hydrogen (secondary N) is 2. The first kappa shape index (κ1) is 25.4. The second-order valence-corrected chi connectivity index (χ2v) is 8.25. The number of rotatable bonds is 6. The summed E-state index contributed by atoms with van der Waals surface area (Å²) in [6.45, 7) is 0.515. The zero-order valence-electron chi connectivity index (χ0n) is 16.6. The lowest BCUT2D eigenvalue weighted by molar-refractivity contribution is -0.192. The molecule has 1 aliphatic rings. The third-order valence-corrected chi connectivity index (χ3v) is 5.48. The fourth-order valence-corrected chi connectivity index (χ4v) is 3.70. The van der Waals surface area contributed by atoms with E-state index in [0.717, 1.165) is 22.9 Å². The molecule has 0 saturated carbocycles. The summed E-state index contributed by atoms with van der Waals surface area (Å²) in [5, 5.41) is 19.1. The van der Waals surface area contributed by atoms with E-state index in [9.17, 15) is 31.2 Å². The Bertz CT molecular complexity index is 1170. The van der Waals surface area contributed by atoms with Crippen LogP contribution in [0.2, 0.25) is 0 Å². The van der Waals surface area contributed by atoms with Gasteiger partial charge in [-0.05, 0) is 28.8 Å². The number of carbonyl (C=O) groups is 3. The Morgan fingerprint density at radius 2 is 1.45 bits per heavy atom. The Balaban J connectivity index is 0.000000479. The van der Waals surface area contributed by atoms with Gasteiger partial charge >= 0.3 is 18.1 Å². The van der Waals surface area contributed by atoms with Crippen molar-refractivity contribution in [2.75, 3.05) is 5.32 Å². The number of carbonyl (C=O) groups excluding carboxylic acids is 1. The average Bonchev–Trinajstić information content (AvgIpc) is 2.99. The van der Waals surface area contributed by atoms with Gasteiger partial charge in [0.1, 0.15) is 4.91 Å². The molecule has 4 N–H and O–H groups in total. The number of halogens is 3. The highest BCUT2D eigenvalue weighted by molar-refractivity contribution is 7.99. The molecule has 2 aromatic rings. The fourth-order valence-electron chi connectivity index (χ4n) is 2.56. The van der Waals surface area contributed by atoms with Crippen LogP contribution in [-0.2, 0) is 37.4 Å². The first-order valence-corrected chi connectivity index (χ1v) is 10.5. The van der Waals surface area contributed by atoms with Crippen LogP contribution < -0.4 is 10.0 Å². The molecule has 0 radical (unpaired) electrons. The second-order valence-electron chi connectivity index (χ2n) is 6.60. The number of carboxylic acid groups (broad SMARTS) is 2. The minimum Gasteiger partial charge on any atom is -0.481 e. The molecule has 9 nitrogen and oxygen atoms in total. The number of sulfonamides is 1. The monoisotopic (exact) mass is 486 g/mol. The van der Waals surface area contributed by atoms with Gasteiger partial charge in [-0.1, -0.05) is 36.4 Å². The van der Waals surface area contributed by atoms with Crippen LogP contribution in [-0.4, -0.2) is 42.7 Å². The third-order valence-electron chi connectivity index (χ3n) is 4.07. The summed E-state index contributed by atoms with van der Waals surface area (Å²) in [5.74, 6) is -4.27. The Labute approximate surface area is 185 Å². The van der Waals surface area contributed by atoms with E-state index in [4.69, 9.17) is 15.0 Å². The Hall–Kier alpha value is -3.87. The lowest BCUT2D eigenvalue weighted by Crippen LogP contribution is -2.22. The number of amides is 1. The van der Waals surface area contributed by atoms with E-state index in [-0.39, 0.29) is 11.3 Å². The van der Waals surface area contributed by atoms with Gasteiger partial charge in [0.25, 0.3) is 15.9 Å². The molecule has 2 aromatic carbocycles. The molecule has 1 amide bonds. The molecule has 0 unspecified atom stereocenters. The van der Waals surface area contributed by atoms with Crippen molar-refractivity contribution >= 4 is 38.5 Å². The van der Waals surface area contributed by atoms with E-state index in [2.05, 4.69) is 5.32 Å². The SMILES string of the molecule is O=C(O)C(F)(F)F.O=C(O)Cc1ccc(NCc2ccc(C3=CC(=O)NS3(=O)=O)cc2)cc1. The molecule has 0 bridgehead atoms. The summed E-state index contributed by atoms with van der Waals surface area (Å²) in [5.41, 5.74) is 2.95.